The molecule has 1 aromatic rings. The number of anilines is 1. The SMILES string of the molecule is CCCOc1ccc(N)cc1.CCNCC. The van der Waals surface area contributed by atoms with Crippen LogP contribution < -0.4 is 15.8 Å². The summed E-state index contributed by atoms with van der Waals surface area (Å²) in [7, 11) is 0. The fourth-order valence-electron chi connectivity index (χ4n) is 1.03. The fraction of sp³-hybridized carbons (Fsp3) is 0.538. The predicted molar refractivity (Wildman–Crippen MR) is 70.9 cm³/mol. The summed E-state index contributed by atoms with van der Waals surface area (Å²) in [4.78, 5) is 0. The zero-order valence-corrected chi connectivity index (χ0v) is 10.6. The molecule has 0 aliphatic carbocycles. The molecule has 0 fully saturated rings. The summed E-state index contributed by atoms with van der Waals surface area (Å²) in [6.45, 7) is 9.24. The van der Waals surface area contributed by atoms with Crippen LogP contribution in [-0.2, 0) is 0 Å². The van der Waals surface area contributed by atoms with Crippen molar-refractivity contribution < 1.29 is 4.74 Å². The van der Waals surface area contributed by atoms with Gasteiger partial charge in [-0.2, -0.15) is 0 Å². The van der Waals surface area contributed by atoms with Crippen LogP contribution in [0.4, 0.5) is 5.69 Å². The zero-order chi connectivity index (χ0) is 12.2. The molecule has 3 heteroatoms. The second-order valence-electron chi connectivity index (χ2n) is 3.37. The maximum absolute atomic E-state index is 5.50. The molecule has 0 spiro atoms. The Morgan fingerprint density at radius 3 is 2.00 bits per heavy atom. The molecular formula is C13H24N2O. The third-order valence-electron chi connectivity index (χ3n) is 1.85. The molecular weight excluding hydrogens is 200 g/mol. The second-order valence-corrected chi connectivity index (χ2v) is 3.37. The molecule has 0 heterocycles. The minimum absolute atomic E-state index is 0.768. The summed E-state index contributed by atoms with van der Waals surface area (Å²) in [5.74, 6) is 0.890. The van der Waals surface area contributed by atoms with E-state index in [1.807, 2.05) is 24.3 Å². The number of hydrogen-bond acceptors (Lipinski definition) is 3. The summed E-state index contributed by atoms with van der Waals surface area (Å²) in [5, 5.41) is 3.11. The van der Waals surface area contributed by atoms with E-state index in [0.29, 0.717) is 0 Å². The van der Waals surface area contributed by atoms with E-state index in [-0.39, 0.29) is 0 Å². The van der Waals surface area contributed by atoms with Crippen molar-refractivity contribution in [2.75, 3.05) is 25.4 Å². The van der Waals surface area contributed by atoms with Gasteiger partial charge in [-0.05, 0) is 43.8 Å². The molecule has 0 atom stereocenters. The molecule has 0 unspecified atom stereocenters. The molecule has 0 aliphatic rings. The lowest BCUT2D eigenvalue weighted by Crippen LogP contribution is -2.09. The van der Waals surface area contributed by atoms with Crippen LogP contribution in [0.2, 0.25) is 0 Å². The lowest BCUT2D eigenvalue weighted by Gasteiger charge is -2.03. The Kier molecular flexibility index (Phi) is 9.52. The first-order valence-corrected chi connectivity index (χ1v) is 5.93. The van der Waals surface area contributed by atoms with Crippen LogP contribution in [0.5, 0.6) is 5.75 Å². The van der Waals surface area contributed by atoms with E-state index in [9.17, 15) is 0 Å². The maximum atomic E-state index is 5.50. The molecule has 1 rings (SSSR count). The van der Waals surface area contributed by atoms with Crippen LogP contribution >= 0.6 is 0 Å². The van der Waals surface area contributed by atoms with Crippen molar-refractivity contribution in [2.24, 2.45) is 0 Å². The van der Waals surface area contributed by atoms with Crippen molar-refractivity contribution in [1.82, 2.24) is 5.32 Å². The molecule has 0 radical (unpaired) electrons. The largest absolute Gasteiger partial charge is 0.494 e. The van der Waals surface area contributed by atoms with Crippen LogP contribution in [0, 0.1) is 0 Å². The van der Waals surface area contributed by atoms with E-state index < -0.39 is 0 Å². The third-order valence-corrected chi connectivity index (χ3v) is 1.85. The Morgan fingerprint density at radius 1 is 1.06 bits per heavy atom. The van der Waals surface area contributed by atoms with Gasteiger partial charge in [0.1, 0.15) is 5.75 Å². The average molecular weight is 224 g/mol. The number of benzene rings is 1. The second kappa shape index (κ2) is 10.3. The van der Waals surface area contributed by atoms with Crippen LogP contribution in [-0.4, -0.2) is 19.7 Å². The van der Waals surface area contributed by atoms with Gasteiger partial charge in [0, 0.05) is 5.69 Å². The summed E-state index contributed by atoms with van der Waals surface area (Å²) in [6, 6.07) is 7.44. The van der Waals surface area contributed by atoms with Gasteiger partial charge in [0.2, 0.25) is 0 Å². The summed E-state index contributed by atoms with van der Waals surface area (Å²) < 4.78 is 5.35. The van der Waals surface area contributed by atoms with Gasteiger partial charge < -0.3 is 15.8 Å². The molecule has 0 saturated heterocycles. The monoisotopic (exact) mass is 224 g/mol. The normalized spacial score (nSPS) is 9.19. The predicted octanol–water partition coefficient (Wildman–Crippen LogP) is 2.67. The van der Waals surface area contributed by atoms with Gasteiger partial charge in [0.05, 0.1) is 6.61 Å². The van der Waals surface area contributed by atoms with E-state index in [1.54, 1.807) is 0 Å². The van der Waals surface area contributed by atoms with Crippen LogP contribution in [0.15, 0.2) is 24.3 Å². The summed E-state index contributed by atoms with van der Waals surface area (Å²) >= 11 is 0. The van der Waals surface area contributed by atoms with Gasteiger partial charge in [-0.3, -0.25) is 0 Å². The highest BCUT2D eigenvalue weighted by molar-refractivity contribution is 5.41. The van der Waals surface area contributed by atoms with Crippen molar-refractivity contribution >= 4 is 5.69 Å². The highest BCUT2D eigenvalue weighted by atomic mass is 16.5. The molecule has 0 saturated carbocycles. The van der Waals surface area contributed by atoms with Crippen LogP contribution in [0.3, 0.4) is 0 Å². The molecule has 1 aromatic carbocycles. The first-order chi connectivity index (χ1) is 7.74. The van der Waals surface area contributed by atoms with E-state index in [4.69, 9.17) is 10.5 Å². The van der Waals surface area contributed by atoms with Crippen LogP contribution in [0.1, 0.15) is 27.2 Å². The van der Waals surface area contributed by atoms with Crippen LogP contribution in [0.25, 0.3) is 0 Å². The standard InChI is InChI=1S/C9H13NO.C4H11N/c1-2-7-11-9-5-3-8(10)4-6-9;1-3-5-4-2/h3-6H,2,7,10H2,1H3;5H,3-4H2,1-2H3. The van der Waals surface area contributed by atoms with Gasteiger partial charge in [0.25, 0.3) is 0 Å². The first kappa shape index (κ1) is 14.8. The molecule has 0 bridgehead atoms. The zero-order valence-electron chi connectivity index (χ0n) is 10.6. The topological polar surface area (TPSA) is 47.3 Å². The number of hydrogen-bond donors (Lipinski definition) is 2. The number of nitrogen functional groups attached to an aromatic ring is 1. The van der Waals surface area contributed by atoms with Gasteiger partial charge >= 0.3 is 0 Å². The van der Waals surface area contributed by atoms with Crippen molar-refractivity contribution in [2.45, 2.75) is 27.2 Å². The first-order valence-electron chi connectivity index (χ1n) is 5.93. The van der Waals surface area contributed by atoms with E-state index in [2.05, 4.69) is 26.1 Å². The van der Waals surface area contributed by atoms with Gasteiger partial charge in [0.15, 0.2) is 0 Å². The third kappa shape index (κ3) is 8.12. The highest BCUT2D eigenvalue weighted by Crippen LogP contribution is 2.12. The molecule has 0 aliphatic heterocycles. The van der Waals surface area contributed by atoms with Crippen molar-refractivity contribution in [3.63, 3.8) is 0 Å². The minimum atomic E-state index is 0.768. The smallest absolute Gasteiger partial charge is 0.119 e. The number of nitrogens with one attached hydrogen (secondary N) is 1. The van der Waals surface area contributed by atoms with Gasteiger partial charge in [-0.25, -0.2) is 0 Å². The fourth-order valence-corrected chi connectivity index (χ4v) is 1.03. The Morgan fingerprint density at radius 2 is 1.62 bits per heavy atom. The summed E-state index contributed by atoms with van der Waals surface area (Å²) in [5.41, 5.74) is 6.27. The van der Waals surface area contributed by atoms with Crippen molar-refractivity contribution in [1.29, 1.82) is 0 Å². The quantitative estimate of drug-likeness (QED) is 0.756. The maximum Gasteiger partial charge on any atom is 0.119 e. The molecule has 0 amide bonds. The van der Waals surface area contributed by atoms with Gasteiger partial charge in [-0.1, -0.05) is 20.8 Å². The van der Waals surface area contributed by atoms with E-state index in [1.165, 1.54) is 0 Å². The van der Waals surface area contributed by atoms with Crippen molar-refractivity contribution in [3.8, 4) is 5.75 Å². The number of ether oxygens (including phenoxy) is 1. The van der Waals surface area contributed by atoms with E-state index in [0.717, 1.165) is 37.6 Å². The molecule has 3 nitrogen and oxygen atoms in total. The highest BCUT2D eigenvalue weighted by Gasteiger charge is 1.90. The lowest BCUT2D eigenvalue weighted by atomic mass is 10.3. The molecule has 92 valence electrons. The molecule has 0 aromatic heterocycles. The average Bonchev–Trinajstić information content (AvgIpc) is 2.30. The summed E-state index contributed by atoms with van der Waals surface area (Å²) in [6.07, 6.45) is 1.03. The Labute approximate surface area is 99.0 Å². The van der Waals surface area contributed by atoms with E-state index >= 15 is 0 Å². The molecule has 16 heavy (non-hydrogen) atoms. The lowest BCUT2D eigenvalue weighted by molar-refractivity contribution is 0.317. The van der Waals surface area contributed by atoms with Crippen molar-refractivity contribution in [3.05, 3.63) is 24.3 Å². The van der Waals surface area contributed by atoms with Gasteiger partial charge in [-0.15, -0.1) is 0 Å². The minimum Gasteiger partial charge on any atom is -0.494 e. The number of rotatable bonds is 5. The Bertz CT molecular complexity index is 245. The number of nitrogens with two attached hydrogens (primary N) is 1. The molecule has 3 N–H and O–H groups in total. The Hall–Kier alpha value is -1.22. The Balaban J connectivity index is 0.000000385.